The number of hydrogen-bond donors (Lipinski definition) is 0. The summed E-state index contributed by atoms with van der Waals surface area (Å²) in [5.74, 6) is 2.14. The maximum atomic E-state index is 6.15. The molecule has 0 fully saturated rings. The number of fused-ring (bicyclic) bond motifs is 1. The lowest BCUT2D eigenvalue weighted by Gasteiger charge is -2.00. The van der Waals surface area contributed by atoms with Crippen molar-refractivity contribution in [2.45, 2.75) is 11.0 Å². The van der Waals surface area contributed by atoms with Crippen molar-refractivity contribution in [1.82, 2.24) is 19.4 Å². The number of nitrogens with zero attached hydrogens (tertiary/aromatic N) is 4. The molecule has 0 spiro atoms. The predicted octanol–water partition coefficient (Wildman–Crippen LogP) is 5.34. The third-order valence-corrected chi connectivity index (χ3v) is 5.18. The minimum absolute atomic E-state index is 0.628. The van der Waals surface area contributed by atoms with E-state index in [0.717, 1.165) is 28.3 Å². The molecule has 0 saturated carbocycles. The Labute approximate surface area is 166 Å². The summed E-state index contributed by atoms with van der Waals surface area (Å²) < 4.78 is 8.07. The van der Waals surface area contributed by atoms with Gasteiger partial charge in [0.1, 0.15) is 5.69 Å². The van der Waals surface area contributed by atoms with Gasteiger partial charge in [0.15, 0.2) is 5.76 Å². The van der Waals surface area contributed by atoms with Crippen molar-refractivity contribution in [3.05, 3.63) is 91.0 Å². The maximum Gasteiger partial charge on any atom is 0.257 e. The van der Waals surface area contributed by atoms with E-state index in [1.165, 1.54) is 11.8 Å². The molecule has 0 aliphatic rings. The van der Waals surface area contributed by atoms with Crippen molar-refractivity contribution in [2.24, 2.45) is 0 Å². The molecule has 5 rings (SSSR count). The van der Waals surface area contributed by atoms with E-state index in [1.54, 1.807) is 6.20 Å². The first-order chi connectivity index (χ1) is 13.9. The first-order valence-electron chi connectivity index (χ1n) is 8.90. The van der Waals surface area contributed by atoms with Gasteiger partial charge in [0.2, 0.25) is 5.78 Å². The second-order valence-corrected chi connectivity index (χ2v) is 7.16. The lowest BCUT2D eigenvalue weighted by atomic mass is 10.1. The number of rotatable bonds is 5. The number of hydrogen-bond acceptors (Lipinski definition) is 5. The Morgan fingerprint density at radius 3 is 2.36 bits per heavy atom. The van der Waals surface area contributed by atoms with Crippen molar-refractivity contribution in [3.63, 3.8) is 0 Å². The predicted molar refractivity (Wildman–Crippen MR) is 110 cm³/mol. The van der Waals surface area contributed by atoms with Gasteiger partial charge < -0.3 is 4.42 Å². The van der Waals surface area contributed by atoms with Crippen molar-refractivity contribution in [1.29, 1.82) is 0 Å². The Morgan fingerprint density at radius 2 is 1.61 bits per heavy atom. The molecule has 28 heavy (non-hydrogen) atoms. The van der Waals surface area contributed by atoms with Crippen LogP contribution in [-0.2, 0) is 5.75 Å². The molecule has 2 aromatic carbocycles. The summed E-state index contributed by atoms with van der Waals surface area (Å²) in [4.78, 5) is 13.6. The maximum absolute atomic E-state index is 6.15. The molecule has 0 atom stereocenters. The van der Waals surface area contributed by atoms with E-state index in [2.05, 4.69) is 9.97 Å². The monoisotopic (exact) mass is 384 g/mol. The fourth-order valence-electron chi connectivity index (χ4n) is 3.02. The molecule has 0 amide bonds. The van der Waals surface area contributed by atoms with E-state index >= 15 is 0 Å². The van der Waals surface area contributed by atoms with Gasteiger partial charge in [-0.15, -0.1) is 0 Å². The highest BCUT2D eigenvalue weighted by molar-refractivity contribution is 7.98. The molecule has 0 saturated heterocycles. The summed E-state index contributed by atoms with van der Waals surface area (Å²) in [6, 6.07) is 22.1. The molecular weight excluding hydrogens is 368 g/mol. The smallest absolute Gasteiger partial charge is 0.257 e. The van der Waals surface area contributed by atoms with E-state index in [0.29, 0.717) is 16.8 Å². The molecule has 0 unspecified atom stereocenters. The normalized spacial score (nSPS) is 11.1. The molecule has 0 bridgehead atoms. The molecule has 0 aliphatic heterocycles. The van der Waals surface area contributed by atoms with Crippen LogP contribution in [0.3, 0.4) is 0 Å². The zero-order valence-corrected chi connectivity index (χ0v) is 15.7. The lowest BCUT2D eigenvalue weighted by Crippen LogP contribution is -1.83. The molecule has 6 heteroatoms. The largest absolute Gasteiger partial charge is 0.431 e. The highest BCUT2D eigenvalue weighted by Gasteiger charge is 2.17. The summed E-state index contributed by atoms with van der Waals surface area (Å²) >= 11 is 1.53. The Morgan fingerprint density at radius 1 is 0.857 bits per heavy atom. The van der Waals surface area contributed by atoms with E-state index < -0.39 is 0 Å². The Balaban J connectivity index is 1.47. The van der Waals surface area contributed by atoms with Crippen LogP contribution in [0.5, 0.6) is 0 Å². The fourth-order valence-corrected chi connectivity index (χ4v) is 3.73. The lowest BCUT2D eigenvalue weighted by molar-refractivity contribution is 0.466. The summed E-state index contributed by atoms with van der Waals surface area (Å²) in [7, 11) is 0. The Kier molecular flexibility index (Phi) is 4.39. The summed E-state index contributed by atoms with van der Waals surface area (Å²) in [5.41, 5.74) is 3.84. The molecule has 0 radical (unpaired) electrons. The molecule has 3 aromatic heterocycles. The Hall–Kier alpha value is -3.38. The topological polar surface area (TPSA) is 56.2 Å². The molecule has 5 aromatic rings. The molecule has 0 N–H and O–H groups in total. The number of imidazole rings is 1. The first-order valence-corrected chi connectivity index (χ1v) is 9.88. The minimum atomic E-state index is 0.628. The van der Waals surface area contributed by atoms with Gasteiger partial charge in [-0.25, -0.2) is 15.0 Å². The molecule has 0 aliphatic carbocycles. The van der Waals surface area contributed by atoms with Crippen LogP contribution in [0, 0.1) is 0 Å². The van der Waals surface area contributed by atoms with Gasteiger partial charge >= 0.3 is 0 Å². The summed E-state index contributed by atoms with van der Waals surface area (Å²) in [6.07, 6.45) is 5.66. The molecular formula is C22H16N4OS. The van der Waals surface area contributed by atoms with Crippen LogP contribution in [0.2, 0.25) is 0 Å². The minimum Gasteiger partial charge on any atom is -0.431 e. The van der Waals surface area contributed by atoms with Crippen molar-refractivity contribution in [2.75, 3.05) is 0 Å². The average Bonchev–Trinajstić information content (AvgIpc) is 3.37. The third-order valence-electron chi connectivity index (χ3n) is 4.32. The van der Waals surface area contributed by atoms with E-state index in [1.807, 2.05) is 83.5 Å². The van der Waals surface area contributed by atoms with Gasteiger partial charge in [0, 0.05) is 35.5 Å². The standard InChI is InChI=1S/C22H16N4OS/c1-3-8-16(9-4-1)19-20(17-10-5-2-6-11-17)27-22(25-19)28-15-18-14-26-13-7-12-23-21(26)24-18/h1-14H,15H2. The van der Waals surface area contributed by atoms with Crippen LogP contribution in [0.15, 0.2) is 95.0 Å². The van der Waals surface area contributed by atoms with Crippen molar-refractivity contribution in [3.8, 4) is 22.6 Å². The number of benzene rings is 2. The average molecular weight is 384 g/mol. The third kappa shape index (κ3) is 3.30. The van der Waals surface area contributed by atoms with E-state index in [9.17, 15) is 0 Å². The number of oxazole rings is 1. The molecule has 136 valence electrons. The van der Waals surface area contributed by atoms with Crippen molar-refractivity contribution < 1.29 is 4.42 Å². The Bertz CT molecular complexity index is 1130. The van der Waals surface area contributed by atoms with Crippen LogP contribution >= 0.6 is 11.8 Å². The van der Waals surface area contributed by atoms with Gasteiger partial charge in [0.25, 0.3) is 5.22 Å². The fraction of sp³-hybridized carbons (Fsp3) is 0.0455. The van der Waals surface area contributed by atoms with Crippen LogP contribution in [0.25, 0.3) is 28.4 Å². The van der Waals surface area contributed by atoms with Crippen LogP contribution in [0.1, 0.15) is 5.69 Å². The van der Waals surface area contributed by atoms with Crippen molar-refractivity contribution >= 4 is 17.5 Å². The number of aromatic nitrogens is 4. The SMILES string of the molecule is c1ccc(-c2nc(SCc3cn4cccnc4n3)oc2-c2ccccc2)cc1. The van der Waals surface area contributed by atoms with Crippen LogP contribution in [0.4, 0.5) is 0 Å². The van der Waals surface area contributed by atoms with Crippen LogP contribution < -0.4 is 0 Å². The van der Waals surface area contributed by atoms with E-state index in [4.69, 9.17) is 9.40 Å². The zero-order valence-electron chi connectivity index (χ0n) is 14.9. The quantitative estimate of drug-likeness (QED) is 0.383. The number of thioether (sulfide) groups is 1. The highest BCUT2D eigenvalue weighted by atomic mass is 32.2. The van der Waals surface area contributed by atoms with Gasteiger partial charge in [-0.05, 0) is 6.07 Å². The summed E-state index contributed by atoms with van der Waals surface area (Å²) in [6.45, 7) is 0. The van der Waals surface area contributed by atoms with Gasteiger partial charge in [-0.3, -0.25) is 4.40 Å². The van der Waals surface area contributed by atoms with E-state index in [-0.39, 0.29) is 0 Å². The molecule has 5 nitrogen and oxygen atoms in total. The first kappa shape index (κ1) is 16.8. The second kappa shape index (κ2) is 7.32. The van der Waals surface area contributed by atoms with Crippen LogP contribution in [-0.4, -0.2) is 19.4 Å². The van der Waals surface area contributed by atoms with Gasteiger partial charge in [-0.2, -0.15) is 0 Å². The highest BCUT2D eigenvalue weighted by Crippen LogP contribution is 2.36. The summed E-state index contributed by atoms with van der Waals surface area (Å²) in [5, 5.41) is 0.628. The van der Waals surface area contributed by atoms with Gasteiger partial charge in [-0.1, -0.05) is 72.4 Å². The van der Waals surface area contributed by atoms with Gasteiger partial charge in [0.05, 0.1) is 5.69 Å². The molecule has 3 heterocycles. The zero-order chi connectivity index (χ0) is 18.8. The second-order valence-electron chi connectivity index (χ2n) is 6.24.